The molecule has 1 aromatic rings. The van der Waals surface area contributed by atoms with Gasteiger partial charge in [0.05, 0.1) is 4.91 Å². The third kappa shape index (κ3) is 5.53. The van der Waals surface area contributed by atoms with Crippen LogP contribution in [0, 0.1) is 18.3 Å². The molecule has 0 aromatic carbocycles. The van der Waals surface area contributed by atoms with Crippen molar-refractivity contribution in [1.29, 1.82) is 5.26 Å². The molecule has 10 heteroatoms. The summed E-state index contributed by atoms with van der Waals surface area (Å²) in [5, 5.41) is 18.5. The molecule has 0 aliphatic carbocycles. The van der Waals surface area contributed by atoms with E-state index in [0.717, 1.165) is 43.7 Å². The third-order valence-electron chi connectivity index (χ3n) is 6.24. The van der Waals surface area contributed by atoms with Crippen LogP contribution in [-0.4, -0.2) is 50.4 Å². The van der Waals surface area contributed by atoms with Crippen molar-refractivity contribution in [2.24, 2.45) is 0 Å². The minimum absolute atomic E-state index is 0.0998. The first kappa shape index (κ1) is 26.0. The number of nitriles is 1. The first-order valence-corrected chi connectivity index (χ1v) is 12.9. The number of piperidine rings is 1. The lowest BCUT2D eigenvalue weighted by atomic mass is 10.0. The maximum atomic E-state index is 13.2. The SMILES string of the molecule is CCn1c(N2CCCCC2)c(C=C2SC(=S)N(CCCCCC(=O)O)C2=O)c(C)c(C#N)c1=O. The molecular weight excluding hydrogens is 472 g/mol. The Balaban J connectivity index is 1.96. The lowest BCUT2D eigenvalue weighted by molar-refractivity contribution is -0.137. The highest BCUT2D eigenvalue weighted by Crippen LogP contribution is 2.36. The first-order chi connectivity index (χ1) is 16.3. The number of carbonyl (C=O) groups excluding carboxylic acids is 1. The van der Waals surface area contributed by atoms with Crippen LogP contribution in [0.15, 0.2) is 9.70 Å². The largest absolute Gasteiger partial charge is 0.481 e. The quantitative estimate of drug-likeness (QED) is 0.308. The number of thioether (sulfide) groups is 1. The number of hydrogen-bond acceptors (Lipinski definition) is 7. The second kappa shape index (κ2) is 11.7. The lowest BCUT2D eigenvalue weighted by Crippen LogP contribution is -2.37. The molecule has 1 aromatic heterocycles. The fourth-order valence-electron chi connectivity index (χ4n) is 4.43. The van der Waals surface area contributed by atoms with E-state index >= 15 is 0 Å². The van der Waals surface area contributed by atoms with Gasteiger partial charge in [-0.15, -0.1) is 0 Å². The minimum atomic E-state index is -0.821. The number of carboxylic acid groups (broad SMARTS) is 1. The van der Waals surface area contributed by atoms with Crippen molar-refractivity contribution in [2.45, 2.75) is 65.3 Å². The van der Waals surface area contributed by atoms with Gasteiger partial charge in [0.25, 0.3) is 11.5 Å². The molecule has 2 aliphatic rings. The van der Waals surface area contributed by atoms with Crippen molar-refractivity contribution >= 4 is 52.1 Å². The predicted octanol–water partition coefficient (Wildman–Crippen LogP) is 3.88. The van der Waals surface area contributed by atoms with Crippen LogP contribution < -0.4 is 10.5 Å². The number of nitrogens with zero attached hydrogens (tertiary/aromatic N) is 4. The summed E-state index contributed by atoms with van der Waals surface area (Å²) < 4.78 is 2.11. The molecule has 3 rings (SSSR count). The van der Waals surface area contributed by atoms with E-state index in [2.05, 4.69) is 11.0 Å². The van der Waals surface area contributed by atoms with Gasteiger partial charge in [0.15, 0.2) is 0 Å². The van der Waals surface area contributed by atoms with E-state index in [9.17, 15) is 19.6 Å². The van der Waals surface area contributed by atoms with Crippen molar-refractivity contribution in [3.63, 3.8) is 0 Å². The van der Waals surface area contributed by atoms with E-state index in [4.69, 9.17) is 17.3 Å². The van der Waals surface area contributed by atoms with Crippen LogP contribution in [0.2, 0.25) is 0 Å². The molecule has 0 unspecified atom stereocenters. The highest BCUT2D eigenvalue weighted by Gasteiger charge is 2.33. The second-order valence-corrected chi connectivity index (χ2v) is 10.2. The highest BCUT2D eigenvalue weighted by molar-refractivity contribution is 8.26. The van der Waals surface area contributed by atoms with Crippen LogP contribution in [0.5, 0.6) is 0 Å². The number of thiocarbonyl (C=S) groups is 1. The van der Waals surface area contributed by atoms with Crippen LogP contribution >= 0.6 is 24.0 Å². The van der Waals surface area contributed by atoms with Crippen molar-refractivity contribution in [1.82, 2.24) is 9.47 Å². The Labute approximate surface area is 209 Å². The highest BCUT2D eigenvalue weighted by atomic mass is 32.2. The van der Waals surface area contributed by atoms with Crippen molar-refractivity contribution in [3.05, 3.63) is 31.9 Å². The Kier molecular flexibility index (Phi) is 8.91. The summed E-state index contributed by atoms with van der Waals surface area (Å²) in [4.78, 5) is 41.1. The van der Waals surface area contributed by atoms with Crippen LogP contribution in [-0.2, 0) is 16.1 Å². The topological polar surface area (TPSA) is 107 Å². The molecule has 2 saturated heterocycles. The van der Waals surface area contributed by atoms with Gasteiger partial charge in [0.1, 0.15) is 21.8 Å². The van der Waals surface area contributed by atoms with Crippen molar-refractivity contribution in [2.75, 3.05) is 24.5 Å². The van der Waals surface area contributed by atoms with E-state index in [-0.39, 0.29) is 23.5 Å². The van der Waals surface area contributed by atoms with E-state index < -0.39 is 5.97 Å². The Morgan fingerprint density at radius 3 is 2.53 bits per heavy atom. The third-order valence-corrected chi connectivity index (χ3v) is 7.62. The van der Waals surface area contributed by atoms with E-state index in [1.54, 1.807) is 22.5 Å². The van der Waals surface area contributed by atoms with Gasteiger partial charge in [-0.3, -0.25) is 23.9 Å². The predicted molar refractivity (Wildman–Crippen MR) is 138 cm³/mol. The number of aliphatic carboxylic acids is 1. The van der Waals surface area contributed by atoms with Crippen LogP contribution in [0.25, 0.3) is 6.08 Å². The van der Waals surface area contributed by atoms with Crippen molar-refractivity contribution < 1.29 is 14.7 Å². The zero-order chi connectivity index (χ0) is 24.8. The molecule has 0 saturated carbocycles. The van der Waals surface area contributed by atoms with Gasteiger partial charge in [0, 0.05) is 38.2 Å². The molecule has 0 bridgehead atoms. The number of carbonyl (C=O) groups is 2. The molecule has 1 amide bonds. The number of aromatic nitrogens is 1. The monoisotopic (exact) mass is 502 g/mol. The molecule has 8 nitrogen and oxygen atoms in total. The second-order valence-electron chi connectivity index (χ2n) is 8.48. The fourth-order valence-corrected chi connectivity index (χ4v) is 5.72. The van der Waals surface area contributed by atoms with Gasteiger partial charge in [-0.05, 0) is 57.6 Å². The Morgan fingerprint density at radius 2 is 1.91 bits per heavy atom. The van der Waals surface area contributed by atoms with Gasteiger partial charge >= 0.3 is 5.97 Å². The lowest BCUT2D eigenvalue weighted by Gasteiger charge is -2.33. The maximum absolute atomic E-state index is 13.2. The van der Waals surface area contributed by atoms with Gasteiger partial charge in [-0.2, -0.15) is 5.26 Å². The number of unbranched alkanes of at least 4 members (excludes halogenated alkanes) is 2. The molecule has 2 fully saturated rings. The molecular formula is C24H30N4O4S2. The summed E-state index contributed by atoms with van der Waals surface area (Å²) in [5.41, 5.74) is 1.11. The van der Waals surface area contributed by atoms with Crippen LogP contribution in [0.1, 0.15) is 68.6 Å². The molecule has 2 aliphatic heterocycles. The summed E-state index contributed by atoms with van der Waals surface area (Å²) in [6, 6.07) is 2.06. The average Bonchev–Trinajstić information content (AvgIpc) is 3.08. The van der Waals surface area contributed by atoms with E-state index in [1.807, 2.05) is 6.92 Å². The fraction of sp³-hybridized carbons (Fsp3) is 0.542. The van der Waals surface area contributed by atoms with E-state index in [1.165, 1.54) is 11.8 Å². The number of rotatable bonds is 9. The number of hydrogen-bond donors (Lipinski definition) is 1. The standard InChI is InChI=1S/C24H30N4O4S2/c1-3-27-21(26-11-7-5-8-12-26)17(16(2)18(15-25)22(27)31)14-19-23(32)28(24(33)34-19)13-9-4-6-10-20(29)30/h14H,3-13H2,1-2H3,(H,29,30). The van der Waals surface area contributed by atoms with Gasteiger partial charge in [0.2, 0.25) is 0 Å². The summed E-state index contributed by atoms with van der Waals surface area (Å²) >= 11 is 6.68. The number of carboxylic acids is 1. The first-order valence-electron chi connectivity index (χ1n) is 11.7. The Morgan fingerprint density at radius 1 is 1.21 bits per heavy atom. The normalized spacial score (nSPS) is 17.5. The number of pyridine rings is 1. The molecule has 0 radical (unpaired) electrons. The minimum Gasteiger partial charge on any atom is -0.481 e. The zero-order valence-corrected chi connectivity index (χ0v) is 21.3. The van der Waals surface area contributed by atoms with Crippen molar-refractivity contribution in [3.8, 4) is 6.07 Å². The smallest absolute Gasteiger partial charge is 0.303 e. The molecule has 34 heavy (non-hydrogen) atoms. The summed E-state index contributed by atoms with van der Waals surface area (Å²) in [6.07, 6.45) is 7.04. The molecule has 1 N–H and O–H groups in total. The average molecular weight is 503 g/mol. The summed E-state index contributed by atoms with van der Waals surface area (Å²) in [7, 11) is 0. The summed E-state index contributed by atoms with van der Waals surface area (Å²) in [6.45, 7) is 6.17. The van der Waals surface area contributed by atoms with Crippen LogP contribution in [0.3, 0.4) is 0 Å². The molecule has 3 heterocycles. The molecule has 0 spiro atoms. The Hall–Kier alpha value is -2.64. The zero-order valence-electron chi connectivity index (χ0n) is 19.6. The van der Waals surface area contributed by atoms with E-state index in [0.29, 0.717) is 47.1 Å². The Bertz CT molecular complexity index is 1110. The van der Waals surface area contributed by atoms with Gasteiger partial charge < -0.3 is 10.0 Å². The van der Waals surface area contributed by atoms with Gasteiger partial charge in [-0.25, -0.2) is 0 Å². The number of anilines is 1. The maximum Gasteiger partial charge on any atom is 0.303 e. The number of amides is 1. The molecule has 0 atom stereocenters. The summed E-state index contributed by atoms with van der Waals surface area (Å²) in [5.74, 6) is -0.244. The molecule has 182 valence electrons. The van der Waals surface area contributed by atoms with Crippen LogP contribution in [0.4, 0.5) is 5.82 Å². The van der Waals surface area contributed by atoms with Gasteiger partial charge in [-0.1, -0.05) is 30.4 Å².